The third-order valence-electron chi connectivity index (χ3n) is 2.50. The lowest BCUT2D eigenvalue weighted by Gasteiger charge is -2.03. The molecule has 0 atom stereocenters. The van der Waals surface area contributed by atoms with Crippen molar-refractivity contribution in [3.05, 3.63) is 65.2 Å². The van der Waals surface area contributed by atoms with Crippen molar-refractivity contribution in [2.45, 2.75) is 17.3 Å². The first-order valence-electron chi connectivity index (χ1n) is 5.45. The van der Waals surface area contributed by atoms with E-state index in [-0.39, 0.29) is 6.61 Å². The van der Waals surface area contributed by atoms with Crippen LogP contribution in [-0.2, 0) is 12.4 Å². The Kier molecular flexibility index (Phi) is 4.33. The second kappa shape index (κ2) is 5.98. The molecule has 18 heavy (non-hydrogen) atoms. The summed E-state index contributed by atoms with van der Waals surface area (Å²) in [6, 6.07) is 11.4. The zero-order chi connectivity index (χ0) is 13.0. The molecule has 0 unspecified atom stereocenters. The van der Waals surface area contributed by atoms with E-state index in [4.69, 9.17) is 5.11 Å². The van der Waals surface area contributed by atoms with Gasteiger partial charge in [0.2, 0.25) is 0 Å². The summed E-state index contributed by atoms with van der Waals surface area (Å²) in [5.41, 5.74) is 1.93. The Bertz CT molecular complexity index is 526. The van der Waals surface area contributed by atoms with E-state index in [0.29, 0.717) is 10.6 Å². The normalized spacial score (nSPS) is 10.6. The van der Waals surface area contributed by atoms with Gasteiger partial charge in [0.25, 0.3) is 0 Å². The van der Waals surface area contributed by atoms with Gasteiger partial charge in [0.15, 0.2) is 11.6 Å². The second-order valence-electron chi connectivity index (χ2n) is 3.84. The zero-order valence-corrected chi connectivity index (χ0v) is 10.4. The molecule has 2 rings (SSSR count). The number of aliphatic hydroxyl groups excluding tert-OH is 1. The molecule has 2 aromatic rings. The van der Waals surface area contributed by atoms with Gasteiger partial charge in [-0.15, -0.1) is 11.8 Å². The van der Waals surface area contributed by atoms with Crippen molar-refractivity contribution in [1.82, 2.24) is 0 Å². The van der Waals surface area contributed by atoms with Crippen LogP contribution in [0.15, 0.2) is 47.4 Å². The number of aliphatic hydroxyl groups is 1. The molecule has 94 valence electrons. The molecule has 0 aliphatic rings. The Labute approximate surface area is 108 Å². The lowest BCUT2D eigenvalue weighted by molar-refractivity contribution is 0.282. The molecule has 0 saturated heterocycles. The van der Waals surface area contributed by atoms with Gasteiger partial charge in [-0.25, -0.2) is 8.78 Å². The van der Waals surface area contributed by atoms with Crippen LogP contribution in [0.25, 0.3) is 0 Å². The van der Waals surface area contributed by atoms with E-state index in [2.05, 4.69) is 0 Å². The first kappa shape index (κ1) is 13.1. The topological polar surface area (TPSA) is 20.2 Å². The van der Waals surface area contributed by atoms with Crippen LogP contribution in [0.4, 0.5) is 8.78 Å². The van der Waals surface area contributed by atoms with Crippen molar-refractivity contribution in [3.63, 3.8) is 0 Å². The van der Waals surface area contributed by atoms with Crippen LogP contribution in [0, 0.1) is 11.6 Å². The predicted molar refractivity (Wildman–Crippen MR) is 68.3 cm³/mol. The Hall–Kier alpha value is -1.39. The fraction of sp³-hybridized carbons (Fsp3) is 0.143. The second-order valence-corrected chi connectivity index (χ2v) is 4.89. The maximum atomic E-state index is 13.0. The molecule has 0 aliphatic carbocycles. The molecule has 0 aromatic heterocycles. The van der Waals surface area contributed by atoms with Crippen molar-refractivity contribution in [3.8, 4) is 0 Å². The highest BCUT2D eigenvalue weighted by Crippen LogP contribution is 2.24. The van der Waals surface area contributed by atoms with E-state index in [1.807, 2.05) is 24.3 Å². The number of hydrogen-bond donors (Lipinski definition) is 1. The minimum Gasteiger partial charge on any atom is -0.392 e. The maximum Gasteiger partial charge on any atom is 0.159 e. The molecule has 0 bridgehead atoms. The smallest absolute Gasteiger partial charge is 0.159 e. The molecule has 0 spiro atoms. The Morgan fingerprint density at radius 3 is 2.17 bits per heavy atom. The van der Waals surface area contributed by atoms with Crippen LogP contribution in [-0.4, -0.2) is 5.11 Å². The fourth-order valence-electron chi connectivity index (χ4n) is 1.47. The predicted octanol–water partition coefficient (Wildman–Crippen LogP) is 3.75. The average molecular weight is 266 g/mol. The first-order chi connectivity index (χ1) is 8.69. The molecule has 0 heterocycles. The van der Waals surface area contributed by atoms with Gasteiger partial charge in [-0.3, -0.25) is 0 Å². The Morgan fingerprint density at radius 1 is 0.889 bits per heavy atom. The molecular weight excluding hydrogens is 254 g/mol. The molecule has 4 heteroatoms. The SMILES string of the molecule is OCc1ccc(CSc2ccc(F)c(F)c2)cc1. The Morgan fingerprint density at radius 2 is 1.56 bits per heavy atom. The maximum absolute atomic E-state index is 13.0. The molecule has 0 saturated carbocycles. The Balaban J connectivity index is 1.99. The van der Waals surface area contributed by atoms with Crippen LogP contribution < -0.4 is 0 Å². The monoisotopic (exact) mass is 266 g/mol. The minimum absolute atomic E-state index is 0.0244. The van der Waals surface area contributed by atoms with Crippen LogP contribution in [0.2, 0.25) is 0 Å². The van der Waals surface area contributed by atoms with Gasteiger partial charge in [0, 0.05) is 10.6 Å². The summed E-state index contributed by atoms with van der Waals surface area (Å²) in [6.45, 7) is 0.0244. The van der Waals surface area contributed by atoms with Gasteiger partial charge >= 0.3 is 0 Å². The molecule has 0 aliphatic heterocycles. The van der Waals surface area contributed by atoms with Gasteiger partial charge in [-0.2, -0.15) is 0 Å². The zero-order valence-electron chi connectivity index (χ0n) is 9.57. The highest BCUT2D eigenvalue weighted by atomic mass is 32.2. The van der Waals surface area contributed by atoms with Crippen LogP contribution in [0.3, 0.4) is 0 Å². The third kappa shape index (κ3) is 3.31. The average Bonchev–Trinajstić information content (AvgIpc) is 2.41. The molecule has 0 amide bonds. The third-order valence-corrected chi connectivity index (χ3v) is 3.57. The first-order valence-corrected chi connectivity index (χ1v) is 6.44. The summed E-state index contributed by atoms with van der Waals surface area (Å²) in [5.74, 6) is -0.973. The molecular formula is C14H12F2OS. The van der Waals surface area contributed by atoms with Gasteiger partial charge in [-0.1, -0.05) is 24.3 Å². The van der Waals surface area contributed by atoms with Crippen LogP contribution in [0.1, 0.15) is 11.1 Å². The van der Waals surface area contributed by atoms with Gasteiger partial charge in [-0.05, 0) is 29.3 Å². The molecule has 0 fully saturated rings. The van der Waals surface area contributed by atoms with E-state index in [1.165, 1.54) is 17.8 Å². The fourth-order valence-corrected chi connectivity index (χ4v) is 2.35. The summed E-state index contributed by atoms with van der Waals surface area (Å²) in [6.07, 6.45) is 0. The highest BCUT2D eigenvalue weighted by Gasteiger charge is 2.03. The molecule has 1 N–H and O–H groups in total. The van der Waals surface area contributed by atoms with Crippen molar-refractivity contribution in [2.75, 3.05) is 0 Å². The van der Waals surface area contributed by atoms with E-state index in [9.17, 15) is 8.78 Å². The van der Waals surface area contributed by atoms with E-state index >= 15 is 0 Å². The molecule has 1 nitrogen and oxygen atoms in total. The summed E-state index contributed by atoms with van der Waals surface area (Å²) in [7, 11) is 0. The highest BCUT2D eigenvalue weighted by molar-refractivity contribution is 7.98. The van der Waals surface area contributed by atoms with Gasteiger partial charge in [0.05, 0.1) is 6.61 Å². The van der Waals surface area contributed by atoms with E-state index < -0.39 is 11.6 Å². The minimum atomic E-state index is -0.827. The summed E-state index contributed by atoms with van der Waals surface area (Å²) in [4.78, 5) is 0.695. The number of halogens is 2. The number of hydrogen-bond acceptors (Lipinski definition) is 2. The van der Waals surface area contributed by atoms with E-state index in [1.54, 1.807) is 6.07 Å². The standard InChI is InChI=1S/C14H12F2OS/c15-13-6-5-12(7-14(13)16)18-9-11-3-1-10(8-17)2-4-11/h1-7,17H,8-9H2. The van der Waals surface area contributed by atoms with Crippen LogP contribution in [0.5, 0.6) is 0 Å². The molecule has 2 aromatic carbocycles. The molecule has 0 radical (unpaired) electrons. The number of rotatable bonds is 4. The van der Waals surface area contributed by atoms with Crippen molar-refractivity contribution in [2.24, 2.45) is 0 Å². The largest absolute Gasteiger partial charge is 0.392 e. The van der Waals surface area contributed by atoms with Gasteiger partial charge in [0.1, 0.15) is 0 Å². The number of benzene rings is 2. The summed E-state index contributed by atoms with van der Waals surface area (Å²) < 4.78 is 25.7. The lowest BCUT2D eigenvalue weighted by atomic mass is 10.2. The summed E-state index contributed by atoms with van der Waals surface area (Å²) >= 11 is 1.44. The van der Waals surface area contributed by atoms with E-state index in [0.717, 1.165) is 17.2 Å². The summed E-state index contributed by atoms with van der Waals surface area (Å²) in [5, 5.41) is 8.91. The quantitative estimate of drug-likeness (QED) is 0.850. The van der Waals surface area contributed by atoms with Crippen molar-refractivity contribution in [1.29, 1.82) is 0 Å². The number of thioether (sulfide) groups is 1. The van der Waals surface area contributed by atoms with Crippen LogP contribution >= 0.6 is 11.8 Å². The van der Waals surface area contributed by atoms with Gasteiger partial charge < -0.3 is 5.11 Å². The lowest BCUT2D eigenvalue weighted by Crippen LogP contribution is -1.86. The van der Waals surface area contributed by atoms with Crippen molar-refractivity contribution >= 4 is 11.8 Å². The van der Waals surface area contributed by atoms with Crippen molar-refractivity contribution < 1.29 is 13.9 Å².